The summed E-state index contributed by atoms with van der Waals surface area (Å²) in [6.45, 7) is 1.19. The standard InChI is InChI=1S/C12H17N3O4/c1-18-11(17)9-6-14-10(7-13-9)15-12(8-16)2-4-19-5-3-12/h6-7,16H,2-5,8H2,1H3,(H,14,15). The van der Waals surface area contributed by atoms with Gasteiger partial charge in [0, 0.05) is 13.2 Å². The average Bonchev–Trinajstić information content (AvgIpc) is 2.48. The van der Waals surface area contributed by atoms with E-state index in [-0.39, 0.29) is 12.3 Å². The second-order valence-corrected chi connectivity index (χ2v) is 4.45. The van der Waals surface area contributed by atoms with Crippen molar-refractivity contribution in [2.24, 2.45) is 0 Å². The fraction of sp³-hybridized carbons (Fsp3) is 0.583. The van der Waals surface area contributed by atoms with Crippen molar-refractivity contribution in [2.45, 2.75) is 18.4 Å². The Morgan fingerprint density at radius 1 is 1.47 bits per heavy atom. The monoisotopic (exact) mass is 267 g/mol. The molecule has 104 valence electrons. The van der Waals surface area contributed by atoms with Crippen LogP contribution < -0.4 is 5.32 Å². The van der Waals surface area contributed by atoms with Crippen LogP contribution in [-0.2, 0) is 9.47 Å². The van der Waals surface area contributed by atoms with Crippen LogP contribution in [0, 0.1) is 0 Å². The van der Waals surface area contributed by atoms with E-state index in [4.69, 9.17) is 4.74 Å². The molecule has 2 heterocycles. The van der Waals surface area contributed by atoms with E-state index in [9.17, 15) is 9.90 Å². The molecule has 0 radical (unpaired) electrons. The fourth-order valence-electron chi connectivity index (χ4n) is 1.96. The number of methoxy groups -OCH3 is 1. The zero-order valence-corrected chi connectivity index (χ0v) is 10.8. The van der Waals surface area contributed by atoms with Crippen molar-refractivity contribution in [2.75, 3.05) is 32.2 Å². The quantitative estimate of drug-likeness (QED) is 0.753. The topological polar surface area (TPSA) is 93.6 Å². The van der Waals surface area contributed by atoms with Gasteiger partial charge in [-0.25, -0.2) is 14.8 Å². The molecule has 0 saturated carbocycles. The lowest BCUT2D eigenvalue weighted by Gasteiger charge is -2.36. The number of aliphatic hydroxyl groups excluding tert-OH is 1. The van der Waals surface area contributed by atoms with E-state index in [0.29, 0.717) is 31.9 Å². The number of esters is 1. The Bertz CT molecular complexity index is 429. The number of aliphatic hydroxyl groups is 1. The third-order valence-corrected chi connectivity index (χ3v) is 3.19. The van der Waals surface area contributed by atoms with Crippen molar-refractivity contribution < 1.29 is 19.4 Å². The number of anilines is 1. The van der Waals surface area contributed by atoms with Crippen LogP contribution in [-0.4, -0.2) is 53.5 Å². The molecule has 2 rings (SSSR count). The van der Waals surface area contributed by atoms with Gasteiger partial charge in [-0.05, 0) is 12.8 Å². The van der Waals surface area contributed by atoms with Crippen LogP contribution in [0.15, 0.2) is 12.4 Å². The summed E-state index contributed by atoms with van der Waals surface area (Å²) in [6, 6.07) is 0. The number of carbonyl (C=O) groups is 1. The summed E-state index contributed by atoms with van der Waals surface area (Å²) >= 11 is 0. The second kappa shape index (κ2) is 5.94. The maximum atomic E-state index is 11.2. The summed E-state index contributed by atoms with van der Waals surface area (Å²) in [5, 5.41) is 12.7. The first kappa shape index (κ1) is 13.7. The van der Waals surface area contributed by atoms with Crippen molar-refractivity contribution in [3.8, 4) is 0 Å². The fourth-order valence-corrected chi connectivity index (χ4v) is 1.96. The van der Waals surface area contributed by atoms with Gasteiger partial charge in [0.2, 0.25) is 0 Å². The Morgan fingerprint density at radius 3 is 2.74 bits per heavy atom. The first-order valence-electron chi connectivity index (χ1n) is 6.06. The van der Waals surface area contributed by atoms with Gasteiger partial charge in [0.25, 0.3) is 0 Å². The Hall–Kier alpha value is -1.73. The molecular formula is C12H17N3O4. The second-order valence-electron chi connectivity index (χ2n) is 4.45. The molecule has 1 aromatic heterocycles. The van der Waals surface area contributed by atoms with Crippen molar-refractivity contribution in [3.05, 3.63) is 18.1 Å². The number of carbonyl (C=O) groups excluding carboxylic acids is 1. The van der Waals surface area contributed by atoms with E-state index in [2.05, 4.69) is 20.0 Å². The van der Waals surface area contributed by atoms with Crippen molar-refractivity contribution in [1.29, 1.82) is 0 Å². The highest BCUT2D eigenvalue weighted by atomic mass is 16.5. The van der Waals surface area contributed by atoms with Gasteiger partial charge in [-0.3, -0.25) is 0 Å². The lowest BCUT2D eigenvalue weighted by atomic mass is 9.91. The van der Waals surface area contributed by atoms with Crippen LogP contribution in [0.3, 0.4) is 0 Å². The van der Waals surface area contributed by atoms with Crippen LogP contribution in [0.1, 0.15) is 23.3 Å². The molecule has 1 saturated heterocycles. The number of nitrogens with zero attached hydrogens (tertiary/aromatic N) is 2. The molecule has 1 aliphatic rings. The van der Waals surface area contributed by atoms with Crippen LogP contribution in [0.5, 0.6) is 0 Å². The first-order chi connectivity index (χ1) is 9.19. The van der Waals surface area contributed by atoms with Crippen LogP contribution in [0.25, 0.3) is 0 Å². The largest absolute Gasteiger partial charge is 0.464 e. The molecule has 1 fully saturated rings. The van der Waals surface area contributed by atoms with Crippen LogP contribution in [0.4, 0.5) is 5.82 Å². The summed E-state index contributed by atoms with van der Waals surface area (Å²) in [6.07, 6.45) is 4.20. The third-order valence-electron chi connectivity index (χ3n) is 3.19. The van der Waals surface area contributed by atoms with Gasteiger partial charge in [0.05, 0.1) is 31.6 Å². The summed E-state index contributed by atoms with van der Waals surface area (Å²) in [4.78, 5) is 19.3. The summed E-state index contributed by atoms with van der Waals surface area (Å²) in [7, 11) is 1.29. The van der Waals surface area contributed by atoms with Gasteiger partial charge < -0.3 is 19.9 Å². The van der Waals surface area contributed by atoms with Gasteiger partial charge >= 0.3 is 5.97 Å². The Labute approximate surface area is 111 Å². The molecular weight excluding hydrogens is 250 g/mol. The Morgan fingerprint density at radius 2 is 2.21 bits per heavy atom. The van der Waals surface area contributed by atoms with Gasteiger partial charge in [-0.1, -0.05) is 0 Å². The molecule has 7 heteroatoms. The maximum absolute atomic E-state index is 11.2. The number of nitrogens with one attached hydrogen (secondary N) is 1. The lowest BCUT2D eigenvalue weighted by molar-refractivity contribution is 0.0378. The van der Waals surface area contributed by atoms with E-state index in [1.807, 2.05) is 0 Å². The molecule has 0 aromatic carbocycles. The molecule has 0 amide bonds. The molecule has 0 spiro atoms. The predicted octanol–water partition coefficient (Wildman–Crippen LogP) is 0.217. The molecule has 1 aromatic rings. The highest BCUT2D eigenvalue weighted by Crippen LogP contribution is 2.24. The van der Waals surface area contributed by atoms with Gasteiger partial charge in [0.15, 0.2) is 5.69 Å². The number of aromatic nitrogens is 2. The molecule has 0 aliphatic carbocycles. The normalized spacial score (nSPS) is 17.8. The van der Waals surface area contributed by atoms with Gasteiger partial charge in [0.1, 0.15) is 5.82 Å². The molecule has 2 N–H and O–H groups in total. The van der Waals surface area contributed by atoms with E-state index in [0.717, 1.165) is 0 Å². The third kappa shape index (κ3) is 3.18. The minimum Gasteiger partial charge on any atom is -0.464 e. The zero-order valence-electron chi connectivity index (χ0n) is 10.8. The van der Waals surface area contributed by atoms with Crippen molar-refractivity contribution in [3.63, 3.8) is 0 Å². The van der Waals surface area contributed by atoms with E-state index >= 15 is 0 Å². The summed E-state index contributed by atoms with van der Waals surface area (Å²) < 4.78 is 9.83. The van der Waals surface area contributed by atoms with Gasteiger partial charge in [-0.15, -0.1) is 0 Å². The summed E-state index contributed by atoms with van der Waals surface area (Å²) in [5.41, 5.74) is -0.280. The predicted molar refractivity (Wildman–Crippen MR) is 66.9 cm³/mol. The SMILES string of the molecule is COC(=O)c1cnc(NC2(CO)CCOCC2)cn1. The smallest absolute Gasteiger partial charge is 0.358 e. The highest BCUT2D eigenvalue weighted by molar-refractivity contribution is 5.86. The number of ether oxygens (including phenoxy) is 2. The van der Waals surface area contributed by atoms with Crippen LogP contribution >= 0.6 is 0 Å². The maximum Gasteiger partial charge on any atom is 0.358 e. The van der Waals surface area contributed by atoms with Crippen LogP contribution in [0.2, 0.25) is 0 Å². The lowest BCUT2D eigenvalue weighted by Crippen LogP contribution is -2.47. The average molecular weight is 267 g/mol. The molecule has 1 aliphatic heterocycles. The minimum atomic E-state index is -0.526. The van der Waals surface area contributed by atoms with E-state index in [1.165, 1.54) is 19.5 Å². The number of rotatable bonds is 4. The number of hydrogen-bond donors (Lipinski definition) is 2. The van der Waals surface area contributed by atoms with E-state index in [1.54, 1.807) is 0 Å². The molecule has 0 unspecified atom stereocenters. The van der Waals surface area contributed by atoms with Gasteiger partial charge in [-0.2, -0.15) is 0 Å². The zero-order chi connectivity index (χ0) is 13.7. The highest BCUT2D eigenvalue weighted by Gasteiger charge is 2.32. The van der Waals surface area contributed by atoms with Crippen molar-refractivity contribution in [1.82, 2.24) is 9.97 Å². The molecule has 0 atom stereocenters. The first-order valence-corrected chi connectivity index (χ1v) is 6.06. The number of hydrogen-bond acceptors (Lipinski definition) is 7. The molecule has 0 bridgehead atoms. The van der Waals surface area contributed by atoms with Crippen molar-refractivity contribution >= 4 is 11.8 Å². The van der Waals surface area contributed by atoms with E-state index < -0.39 is 11.5 Å². The Balaban J connectivity index is 2.07. The molecule has 19 heavy (non-hydrogen) atoms. The summed E-state index contributed by atoms with van der Waals surface area (Å²) in [5.74, 6) is -0.00871. The Kier molecular flexibility index (Phi) is 4.28. The molecule has 7 nitrogen and oxygen atoms in total. The minimum absolute atomic E-state index is 0.00318.